The van der Waals surface area contributed by atoms with E-state index in [1.807, 2.05) is 28.9 Å². The minimum atomic E-state index is -0.305. The Morgan fingerprint density at radius 2 is 2.08 bits per heavy atom. The van der Waals surface area contributed by atoms with Gasteiger partial charge >= 0.3 is 0 Å². The van der Waals surface area contributed by atoms with Gasteiger partial charge in [0.05, 0.1) is 17.8 Å². The fourth-order valence-electron chi connectivity index (χ4n) is 3.31. The number of carbonyl (C=O) groups excluding carboxylic acids is 1. The van der Waals surface area contributed by atoms with Gasteiger partial charge in [0.15, 0.2) is 5.69 Å². The molecule has 0 atom stereocenters. The number of carbonyl (C=O) groups is 1. The highest BCUT2D eigenvalue weighted by Crippen LogP contribution is 2.46. The number of hydrogen-bond donors (Lipinski definition) is 2. The lowest BCUT2D eigenvalue weighted by Crippen LogP contribution is -2.35. The molecule has 25 heavy (non-hydrogen) atoms. The number of hydrogen-bond acceptors (Lipinski definition) is 4. The number of benzene rings is 1. The summed E-state index contributed by atoms with van der Waals surface area (Å²) < 4.78 is 1.83. The molecule has 8 heteroatoms. The smallest absolute Gasteiger partial charge is 0.274 e. The van der Waals surface area contributed by atoms with Gasteiger partial charge in [-0.1, -0.05) is 28.9 Å². The molecule has 2 aliphatic rings. The molecule has 1 aromatic heterocycles. The van der Waals surface area contributed by atoms with E-state index in [4.69, 9.17) is 11.6 Å². The Hall–Kier alpha value is -1.63. The van der Waals surface area contributed by atoms with Gasteiger partial charge in [-0.05, 0) is 56.5 Å². The van der Waals surface area contributed by atoms with Crippen LogP contribution in [-0.4, -0.2) is 34.0 Å². The van der Waals surface area contributed by atoms with E-state index in [0.717, 1.165) is 44.3 Å². The number of amides is 1. The summed E-state index contributed by atoms with van der Waals surface area (Å²) in [5, 5.41) is 15.4. The van der Waals surface area contributed by atoms with Crippen molar-refractivity contribution in [3.8, 4) is 0 Å². The van der Waals surface area contributed by atoms with Gasteiger partial charge in [-0.2, -0.15) is 0 Å². The van der Waals surface area contributed by atoms with E-state index < -0.39 is 0 Å². The van der Waals surface area contributed by atoms with Gasteiger partial charge in [-0.25, -0.2) is 4.68 Å². The van der Waals surface area contributed by atoms with Crippen LogP contribution in [0.4, 0.5) is 0 Å². The van der Waals surface area contributed by atoms with E-state index in [2.05, 4.69) is 20.9 Å². The van der Waals surface area contributed by atoms with Crippen LogP contribution in [0, 0.1) is 0 Å². The summed E-state index contributed by atoms with van der Waals surface area (Å²) in [6, 6.07) is 8.00. The maximum absolute atomic E-state index is 12.6. The molecular weight excluding hydrogens is 361 g/mol. The quantitative estimate of drug-likeness (QED) is 0.853. The van der Waals surface area contributed by atoms with Crippen molar-refractivity contribution in [3.05, 3.63) is 46.7 Å². The molecule has 1 aliphatic heterocycles. The molecule has 1 aromatic carbocycles. The summed E-state index contributed by atoms with van der Waals surface area (Å²) in [5.41, 5.74) is 1.12. The second kappa shape index (κ2) is 7.32. The SMILES string of the molecule is Cl.O=C(NC1(c2cccc(Cl)c2)CC1)c1cn(C2CCNCC2)nn1. The van der Waals surface area contributed by atoms with Crippen LogP contribution < -0.4 is 10.6 Å². The van der Waals surface area contributed by atoms with Crippen LogP contribution in [-0.2, 0) is 5.54 Å². The Bertz CT molecular complexity index is 753. The van der Waals surface area contributed by atoms with E-state index in [1.54, 1.807) is 6.20 Å². The Kier molecular flexibility index (Phi) is 5.32. The molecule has 2 N–H and O–H groups in total. The van der Waals surface area contributed by atoms with Crippen molar-refractivity contribution in [2.24, 2.45) is 0 Å². The van der Waals surface area contributed by atoms with Crippen LogP contribution in [0.1, 0.15) is 47.8 Å². The van der Waals surface area contributed by atoms with E-state index in [9.17, 15) is 4.79 Å². The van der Waals surface area contributed by atoms with E-state index in [0.29, 0.717) is 16.8 Å². The minimum absolute atomic E-state index is 0. The topological polar surface area (TPSA) is 71.8 Å². The average molecular weight is 382 g/mol. The summed E-state index contributed by atoms with van der Waals surface area (Å²) in [5.74, 6) is -0.173. The summed E-state index contributed by atoms with van der Waals surface area (Å²) >= 11 is 6.08. The molecule has 6 nitrogen and oxygen atoms in total. The van der Waals surface area contributed by atoms with Crippen molar-refractivity contribution >= 4 is 29.9 Å². The summed E-state index contributed by atoms with van der Waals surface area (Å²) in [6.45, 7) is 1.95. The normalized spacial score (nSPS) is 19.1. The highest BCUT2D eigenvalue weighted by Gasteiger charge is 2.46. The fourth-order valence-corrected chi connectivity index (χ4v) is 3.50. The lowest BCUT2D eigenvalue weighted by molar-refractivity contribution is 0.0925. The van der Waals surface area contributed by atoms with Gasteiger partial charge in [-0.15, -0.1) is 17.5 Å². The molecule has 2 aromatic rings. The Labute approximate surface area is 157 Å². The number of halogens is 2. The first kappa shape index (κ1) is 18.2. The van der Waals surface area contributed by atoms with Gasteiger partial charge in [0.25, 0.3) is 5.91 Å². The average Bonchev–Trinajstić information content (AvgIpc) is 3.21. The maximum Gasteiger partial charge on any atom is 0.274 e. The minimum Gasteiger partial charge on any atom is -0.341 e. The third kappa shape index (κ3) is 3.81. The first-order valence-electron chi connectivity index (χ1n) is 8.37. The third-order valence-electron chi connectivity index (χ3n) is 4.91. The van der Waals surface area contributed by atoms with Crippen molar-refractivity contribution in [1.82, 2.24) is 25.6 Å². The first-order chi connectivity index (χ1) is 11.7. The van der Waals surface area contributed by atoms with Crippen LogP contribution in [0.3, 0.4) is 0 Å². The van der Waals surface area contributed by atoms with Gasteiger partial charge in [0.2, 0.25) is 0 Å². The number of piperidine rings is 1. The summed E-state index contributed by atoms with van der Waals surface area (Å²) in [4.78, 5) is 12.6. The van der Waals surface area contributed by atoms with Gasteiger partial charge in [0, 0.05) is 5.02 Å². The van der Waals surface area contributed by atoms with E-state index in [1.165, 1.54) is 0 Å². The van der Waals surface area contributed by atoms with Gasteiger partial charge in [0.1, 0.15) is 0 Å². The lowest BCUT2D eigenvalue weighted by Gasteiger charge is -2.22. The summed E-state index contributed by atoms with van der Waals surface area (Å²) in [7, 11) is 0. The zero-order valence-corrected chi connectivity index (χ0v) is 15.3. The van der Waals surface area contributed by atoms with E-state index in [-0.39, 0.29) is 23.9 Å². The Balaban J connectivity index is 0.00000182. The second-order valence-electron chi connectivity index (χ2n) is 6.61. The fraction of sp³-hybridized carbons (Fsp3) is 0.471. The van der Waals surface area contributed by atoms with Crippen LogP contribution in [0.5, 0.6) is 0 Å². The first-order valence-corrected chi connectivity index (χ1v) is 8.75. The monoisotopic (exact) mass is 381 g/mol. The zero-order valence-electron chi connectivity index (χ0n) is 13.7. The zero-order chi connectivity index (χ0) is 16.6. The molecule has 1 saturated heterocycles. The van der Waals surface area contributed by atoms with Crippen molar-refractivity contribution in [3.63, 3.8) is 0 Å². The Morgan fingerprint density at radius 3 is 2.76 bits per heavy atom. The Morgan fingerprint density at radius 1 is 1.32 bits per heavy atom. The van der Waals surface area contributed by atoms with Crippen molar-refractivity contribution < 1.29 is 4.79 Å². The van der Waals surface area contributed by atoms with Crippen LogP contribution in [0.25, 0.3) is 0 Å². The standard InChI is InChI=1S/C17H20ClN5O.ClH/c18-13-3-1-2-12(10-13)17(6-7-17)20-16(24)15-11-23(22-21-15)14-4-8-19-9-5-14;/h1-3,10-11,14,19H,4-9H2,(H,20,24);1H. The predicted molar refractivity (Wildman–Crippen MR) is 98.2 cm³/mol. The number of aromatic nitrogens is 3. The van der Waals surface area contributed by atoms with Gasteiger partial charge < -0.3 is 10.6 Å². The number of rotatable bonds is 4. The molecule has 2 fully saturated rings. The maximum atomic E-state index is 12.6. The highest BCUT2D eigenvalue weighted by atomic mass is 35.5. The second-order valence-corrected chi connectivity index (χ2v) is 7.05. The van der Waals surface area contributed by atoms with Gasteiger partial charge in [-0.3, -0.25) is 4.79 Å². The number of nitrogens with zero attached hydrogens (tertiary/aromatic N) is 3. The van der Waals surface area contributed by atoms with Crippen molar-refractivity contribution in [2.45, 2.75) is 37.3 Å². The molecule has 1 aliphatic carbocycles. The highest BCUT2D eigenvalue weighted by molar-refractivity contribution is 6.30. The predicted octanol–water partition coefficient (Wildman–Crippen LogP) is 2.70. The van der Waals surface area contributed by atoms with Crippen molar-refractivity contribution in [1.29, 1.82) is 0 Å². The number of nitrogens with one attached hydrogen (secondary N) is 2. The molecule has 4 rings (SSSR count). The lowest BCUT2D eigenvalue weighted by atomic mass is 10.0. The molecule has 0 bridgehead atoms. The summed E-state index contributed by atoms with van der Waals surface area (Å²) in [6.07, 6.45) is 5.62. The largest absolute Gasteiger partial charge is 0.341 e. The molecule has 0 spiro atoms. The van der Waals surface area contributed by atoms with Crippen LogP contribution in [0.15, 0.2) is 30.5 Å². The molecule has 1 amide bonds. The van der Waals surface area contributed by atoms with Crippen molar-refractivity contribution in [2.75, 3.05) is 13.1 Å². The molecule has 134 valence electrons. The molecule has 2 heterocycles. The third-order valence-corrected chi connectivity index (χ3v) is 5.14. The molecular formula is C17H21Cl2N5O. The molecule has 1 saturated carbocycles. The van der Waals surface area contributed by atoms with E-state index >= 15 is 0 Å². The molecule has 0 radical (unpaired) electrons. The van der Waals surface area contributed by atoms with Crippen LogP contribution in [0.2, 0.25) is 5.02 Å². The van der Waals surface area contributed by atoms with Crippen LogP contribution >= 0.6 is 24.0 Å². The molecule has 0 unspecified atom stereocenters.